The van der Waals surface area contributed by atoms with Crippen molar-refractivity contribution in [3.05, 3.63) is 58.7 Å². The molecule has 1 aromatic rings. The Balaban J connectivity index is 2.76. The van der Waals surface area contributed by atoms with Crippen LogP contribution in [0.25, 0.3) is 0 Å². The third-order valence-electron chi connectivity index (χ3n) is 4.66. The topological polar surface area (TPSA) is 17.1 Å². The quantitative estimate of drug-likeness (QED) is 0.780. The van der Waals surface area contributed by atoms with Crippen LogP contribution in [-0.4, -0.2) is 5.78 Å². The Morgan fingerprint density at radius 2 is 2.00 bits per heavy atom. The molecular weight excluding hydrogens is 232 g/mol. The molecule has 0 fully saturated rings. The Morgan fingerprint density at radius 3 is 2.58 bits per heavy atom. The van der Waals surface area contributed by atoms with Gasteiger partial charge in [-0.15, -0.1) is 0 Å². The number of carbonyl (C=O) groups excluding carboxylic acids is 1. The molecule has 0 spiro atoms. The first-order valence-corrected chi connectivity index (χ1v) is 6.85. The Bertz CT molecular complexity index is 577. The van der Waals surface area contributed by atoms with Gasteiger partial charge in [-0.1, -0.05) is 36.4 Å². The molecule has 0 saturated carbocycles. The van der Waals surface area contributed by atoms with E-state index in [1.807, 2.05) is 6.08 Å². The minimum atomic E-state index is -0.470. The van der Waals surface area contributed by atoms with E-state index in [9.17, 15) is 4.79 Å². The molecule has 0 amide bonds. The molecule has 100 valence electrons. The number of benzene rings is 1. The van der Waals surface area contributed by atoms with Gasteiger partial charge in [-0.05, 0) is 62.8 Å². The summed E-state index contributed by atoms with van der Waals surface area (Å²) in [6.45, 7) is 12.0. The van der Waals surface area contributed by atoms with E-state index in [2.05, 4.69) is 45.5 Å². The monoisotopic (exact) mass is 254 g/mol. The fourth-order valence-electron chi connectivity index (χ4n) is 3.41. The van der Waals surface area contributed by atoms with Gasteiger partial charge in [-0.3, -0.25) is 4.79 Å². The highest BCUT2D eigenvalue weighted by Gasteiger charge is 2.44. The Kier molecular flexibility index (Phi) is 3.49. The number of Topliss-reactive ketones (excluding diaryl/α,β-unsaturated/α-hetero) is 1. The maximum atomic E-state index is 12.5. The van der Waals surface area contributed by atoms with Crippen molar-refractivity contribution < 1.29 is 4.79 Å². The highest BCUT2D eigenvalue weighted by atomic mass is 16.1. The van der Waals surface area contributed by atoms with E-state index in [0.717, 1.165) is 24.0 Å². The van der Waals surface area contributed by atoms with Gasteiger partial charge in [0.2, 0.25) is 0 Å². The fourth-order valence-corrected chi connectivity index (χ4v) is 3.41. The van der Waals surface area contributed by atoms with E-state index in [-0.39, 0.29) is 5.78 Å². The highest BCUT2D eigenvalue weighted by Crippen LogP contribution is 2.47. The van der Waals surface area contributed by atoms with Crippen molar-refractivity contribution in [2.24, 2.45) is 0 Å². The third-order valence-corrected chi connectivity index (χ3v) is 4.66. The molecule has 0 radical (unpaired) electrons. The van der Waals surface area contributed by atoms with E-state index >= 15 is 0 Å². The van der Waals surface area contributed by atoms with Gasteiger partial charge in [0.15, 0.2) is 0 Å². The van der Waals surface area contributed by atoms with Gasteiger partial charge in [0.05, 0.1) is 5.41 Å². The minimum Gasteiger partial charge on any atom is -0.299 e. The van der Waals surface area contributed by atoms with E-state index in [1.165, 1.54) is 16.7 Å². The normalized spacial score (nSPS) is 22.7. The zero-order valence-corrected chi connectivity index (χ0v) is 12.3. The molecule has 19 heavy (non-hydrogen) atoms. The second kappa shape index (κ2) is 4.80. The van der Waals surface area contributed by atoms with Crippen LogP contribution in [0.4, 0.5) is 0 Å². The van der Waals surface area contributed by atoms with Crippen LogP contribution in [0.15, 0.2) is 42.0 Å². The van der Waals surface area contributed by atoms with Crippen LogP contribution in [0.5, 0.6) is 0 Å². The second-order valence-electron chi connectivity index (χ2n) is 5.61. The van der Waals surface area contributed by atoms with Crippen LogP contribution in [0, 0.1) is 13.8 Å². The van der Waals surface area contributed by atoms with Gasteiger partial charge in [-0.2, -0.15) is 0 Å². The number of carbonyl (C=O) groups is 1. The molecule has 0 aromatic heterocycles. The Morgan fingerprint density at radius 1 is 1.32 bits per heavy atom. The smallest absolute Gasteiger partial charge is 0.144 e. The van der Waals surface area contributed by atoms with Gasteiger partial charge >= 0.3 is 0 Å². The number of rotatable bonds is 3. The molecule has 0 N–H and O–H groups in total. The van der Waals surface area contributed by atoms with Crippen molar-refractivity contribution in [1.82, 2.24) is 0 Å². The molecule has 2 rings (SSSR count). The molecule has 1 atom stereocenters. The summed E-state index contributed by atoms with van der Waals surface area (Å²) in [5, 5.41) is 0. The summed E-state index contributed by atoms with van der Waals surface area (Å²) in [6.07, 6.45) is 3.74. The second-order valence-corrected chi connectivity index (χ2v) is 5.61. The predicted octanol–water partition coefficient (Wildman–Crippen LogP) is 4.43. The first-order valence-electron chi connectivity index (χ1n) is 6.85. The van der Waals surface area contributed by atoms with Crippen LogP contribution in [0.2, 0.25) is 0 Å². The number of allylic oxidation sites excluding steroid dienone is 3. The van der Waals surface area contributed by atoms with Crippen LogP contribution >= 0.6 is 0 Å². The van der Waals surface area contributed by atoms with Crippen molar-refractivity contribution >= 4 is 5.78 Å². The van der Waals surface area contributed by atoms with Gasteiger partial charge in [0.25, 0.3) is 0 Å². The Hall–Kier alpha value is -1.63. The lowest BCUT2D eigenvalue weighted by molar-refractivity contribution is -0.121. The fraction of sp³-hybridized carbons (Fsp3) is 0.389. The molecule has 0 bridgehead atoms. The molecule has 1 aliphatic carbocycles. The highest BCUT2D eigenvalue weighted by molar-refractivity contribution is 5.94. The number of hydrogen-bond acceptors (Lipinski definition) is 1. The SMILES string of the molecule is C=CC1=C(C)CC[C@@]1(C(C)=O)c1cccc(C)c1C. The van der Waals surface area contributed by atoms with Gasteiger partial charge in [0, 0.05) is 0 Å². The lowest BCUT2D eigenvalue weighted by Gasteiger charge is -2.31. The van der Waals surface area contributed by atoms with Crippen LogP contribution in [-0.2, 0) is 10.2 Å². The maximum absolute atomic E-state index is 12.5. The van der Waals surface area contributed by atoms with Crippen molar-refractivity contribution in [2.75, 3.05) is 0 Å². The van der Waals surface area contributed by atoms with Gasteiger partial charge in [-0.25, -0.2) is 0 Å². The average Bonchev–Trinajstić information content (AvgIpc) is 2.70. The predicted molar refractivity (Wildman–Crippen MR) is 80.4 cm³/mol. The zero-order valence-electron chi connectivity index (χ0n) is 12.3. The summed E-state index contributed by atoms with van der Waals surface area (Å²) in [5.74, 6) is 0.230. The van der Waals surface area contributed by atoms with Crippen LogP contribution < -0.4 is 0 Å². The minimum absolute atomic E-state index is 0.230. The molecule has 0 saturated heterocycles. The van der Waals surface area contributed by atoms with Gasteiger partial charge < -0.3 is 0 Å². The first-order chi connectivity index (χ1) is 8.95. The zero-order chi connectivity index (χ0) is 14.2. The van der Waals surface area contributed by atoms with Crippen molar-refractivity contribution in [3.63, 3.8) is 0 Å². The van der Waals surface area contributed by atoms with E-state index in [4.69, 9.17) is 0 Å². The summed E-state index contributed by atoms with van der Waals surface area (Å²) in [7, 11) is 0. The molecule has 1 aliphatic rings. The number of hydrogen-bond donors (Lipinski definition) is 0. The van der Waals surface area contributed by atoms with Gasteiger partial charge in [0.1, 0.15) is 5.78 Å². The molecule has 0 unspecified atom stereocenters. The summed E-state index contributed by atoms with van der Waals surface area (Å²) in [5.41, 5.74) is 5.58. The molecule has 0 heterocycles. The standard InChI is InChI=1S/C18H22O/c1-6-16-13(3)10-11-18(16,15(5)19)17-9-7-8-12(2)14(17)4/h6-9H,1,10-11H2,2-5H3/t18-/m0/s1. The van der Waals surface area contributed by atoms with E-state index < -0.39 is 5.41 Å². The lowest BCUT2D eigenvalue weighted by atomic mass is 9.69. The van der Waals surface area contributed by atoms with Crippen molar-refractivity contribution in [1.29, 1.82) is 0 Å². The molecular formula is C18H22O. The van der Waals surface area contributed by atoms with Crippen molar-refractivity contribution in [3.8, 4) is 0 Å². The first kappa shape index (κ1) is 13.8. The maximum Gasteiger partial charge on any atom is 0.144 e. The lowest BCUT2D eigenvalue weighted by Crippen LogP contribution is -2.34. The summed E-state index contributed by atoms with van der Waals surface area (Å²) in [4.78, 5) is 12.5. The molecule has 1 nitrogen and oxygen atoms in total. The molecule has 1 heteroatoms. The van der Waals surface area contributed by atoms with E-state index in [0.29, 0.717) is 0 Å². The number of ketones is 1. The summed E-state index contributed by atoms with van der Waals surface area (Å²) < 4.78 is 0. The van der Waals surface area contributed by atoms with Crippen molar-refractivity contribution in [2.45, 2.75) is 46.0 Å². The summed E-state index contributed by atoms with van der Waals surface area (Å²) in [6, 6.07) is 6.26. The van der Waals surface area contributed by atoms with Crippen LogP contribution in [0.1, 0.15) is 43.4 Å². The number of aryl methyl sites for hydroxylation is 1. The van der Waals surface area contributed by atoms with E-state index in [1.54, 1.807) is 6.92 Å². The molecule has 0 aliphatic heterocycles. The third kappa shape index (κ3) is 1.88. The largest absolute Gasteiger partial charge is 0.299 e. The Labute approximate surface area is 116 Å². The van der Waals surface area contributed by atoms with Crippen LogP contribution in [0.3, 0.4) is 0 Å². The molecule has 1 aromatic carbocycles. The average molecular weight is 254 g/mol. The summed E-state index contributed by atoms with van der Waals surface area (Å²) >= 11 is 0.